The van der Waals surface area contributed by atoms with E-state index in [-0.39, 0.29) is 11.9 Å². The molecule has 5 nitrogen and oxygen atoms in total. The van der Waals surface area contributed by atoms with Gasteiger partial charge in [-0.2, -0.15) is 0 Å². The average Bonchev–Trinajstić information content (AvgIpc) is 2.06. The number of ether oxygens (including phenoxy) is 1. The van der Waals surface area contributed by atoms with Gasteiger partial charge in [-0.05, 0) is 26.8 Å². The Morgan fingerprint density at radius 3 is 2.44 bits per heavy atom. The van der Waals surface area contributed by atoms with E-state index in [0.717, 1.165) is 0 Å². The summed E-state index contributed by atoms with van der Waals surface area (Å²) < 4.78 is 5.09. The number of nitrogens with one attached hydrogen (secondary N) is 1. The second-order valence-electron chi connectivity index (χ2n) is 4.79. The summed E-state index contributed by atoms with van der Waals surface area (Å²) in [4.78, 5) is 24.1. The number of carbonyl (C=O) groups excluding carboxylic acids is 2. The molecule has 1 saturated heterocycles. The molecule has 1 aliphatic rings. The lowest BCUT2D eigenvalue weighted by Crippen LogP contribution is -2.61. The molecular weight excluding hydrogens is 208 g/mol. The molecule has 0 bridgehead atoms. The van der Waals surface area contributed by atoms with E-state index in [1.54, 1.807) is 25.7 Å². The fourth-order valence-corrected chi connectivity index (χ4v) is 1.35. The highest BCUT2D eigenvalue weighted by Gasteiger charge is 2.31. The zero-order valence-corrected chi connectivity index (χ0v) is 9.95. The molecule has 1 heterocycles. The van der Waals surface area contributed by atoms with Crippen molar-refractivity contribution in [3.05, 3.63) is 12.7 Å². The van der Waals surface area contributed by atoms with Crippen LogP contribution in [0.1, 0.15) is 20.8 Å². The van der Waals surface area contributed by atoms with Crippen LogP contribution in [0.5, 0.6) is 0 Å². The normalized spacial score (nSPS) is 16.3. The first kappa shape index (κ1) is 12.5. The van der Waals surface area contributed by atoms with Gasteiger partial charge in [0.15, 0.2) is 0 Å². The molecule has 0 aliphatic carbocycles. The van der Waals surface area contributed by atoms with E-state index < -0.39 is 11.7 Å². The quantitative estimate of drug-likeness (QED) is 0.712. The van der Waals surface area contributed by atoms with Crippen LogP contribution < -0.4 is 5.32 Å². The van der Waals surface area contributed by atoms with Gasteiger partial charge in [0.05, 0.1) is 6.04 Å². The van der Waals surface area contributed by atoms with E-state index in [1.807, 2.05) is 0 Å². The SMILES string of the molecule is C=CC(=O)N1CC(NC(=O)OC(C)(C)C)C1. The van der Waals surface area contributed by atoms with E-state index in [9.17, 15) is 9.59 Å². The van der Waals surface area contributed by atoms with Crippen molar-refractivity contribution in [1.29, 1.82) is 0 Å². The Morgan fingerprint density at radius 1 is 1.44 bits per heavy atom. The fraction of sp³-hybridized carbons (Fsp3) is 0.636. The summed E-state index contributed by atoms with van der Waals surface area (Å²) in [5.74, 6) is -0.109. The summed E-state index contributed by atoms with van der Waals surface area (Å²) in [5.41, 5.74) is -0.496. The zero-order valence-electron chi connectivity index (χ0n) is 9.95. The largest absolute Gasteiger partial charge is 0.444 e. The Morgan fingerprint density at radius 2 is 2.00 bits per heavy atom. The molecule has 0 aromatic carbocycles. The van der Waals surface area contributed by atoms with Crippen LogP contribution in [0, 0.1) is 0 Å². The average molecular weight is 226 g/mol. The maximum atomic E-state index is 11.4. The second kappa shape index (κ2) is 4.55. The molecule has 0 aromatic heterocycles. The van der Waals surface area contributed by atoms with Crippen LogP contribution in [0.2, 0.25) is 0 Å². The van der Waals surface area contributed by atoms with Crippen molar-refractivity contribution in [3.63, 3.8) is 0 Å². The summed E-state index contributed by atoms with van der Waals surface area (Å²) in [6.07, 6.45) is 0.826. The smallest absolute Gasteiger partial charge is 0.407 e. The van der Waals surface area contributed by atoms with Gasteiger partial charge in [0.2, 0.25) is 5.91 Å². The molecule has 0 atom stereocenters. The Hall–Kier alpha value is -1.52. The number of nitrogens with zero attached hydrogens (tertiary/aromatic N) is 1. The van der Waals surface area contributed by atoms with Crippen LogP contribution >= 0.6 is 0 Å². The number of amides is 2. The first-order valence-electron chi connectivity index (χ1n) is 5.22. The number of hydrogen-bond donors (Lipinski definition) is 1. The third-order valence-corrected chi connectivity index (χ3v) is 2.09. The molecule has 90 valence electrons. The Kier molecular flexibility index (Phi) is 3.57. The zero-order chi connectivity index (χ0) is 12.3. The highest BCUT2D eigenvalue weighted by molar-refractivity contribution is 5.87. The standard InChI is InChI=1S/C11H18N2O3/c1-5-9(14)13-6-8(7-13)12-10(15)16-11(2,3)4/h5,8H,1,6-7H2,2-4H3,(H,12,15). The molecular formula is C11H18N2O3. The minimum Gasteiger partial charge on any atom is -0.444 e. The van der Waals surface area contributed by atoms with Gasteiger partial charge < -0.3 is 15.0 Å². The molecule has 1 N–H and O–H groups in total. The van der Waals surface area contributed by atoms with Gasteiger partial charge in [-0.15, -0.1) is 0 Å². The van der Waals surface area contributed by atoms with Crippen molar-refractivity contribution in [3.8, 4) is 0 Å². The van der Waals surface area contributed by atoms with Crippen molar-refractivity contribution in [2.45, 2.75) is 32.4 Å². The first-order chi connectivity index (χ1) is 7.31. The van der Waals surface area contributed by atoms with Crippen LogP contribution in [-0.2, 0) is 9.53 Å². The van der Waals surface area contributed by atoms with Crippen molar-refractivity contribution < 1.29 is 14.3 Å². The number of carbonyl (C=O) groups is 2. The Bertz CT molecular complexity index is 301. The minimum absolute atomic E-state index is 0.0150. The lowest BCUT2D eigenvalue weighted by atomic mass is 10.1. The van der Waals surface area contributed by atoms with Crippen LogP contribution in [0.4, 0.5) is 4.79 Å². The molecule has 1 rings (SSSR count). The monoisotopic (exact) mass is 226 g/mol. The van der Waals surface area contributed by atoms with Gasteiger partial charge in [0.1, 0.15) is 5.60 Å². The maximum absolute atomic E-state index is 11.4. The van der Waals surface area contributed by atoms with Crippen LogP contribution in [0.3, 0.4) is 0 Å². The van der Waals surface area contributed by atoms with E-state index in [4.69, 9.17) is 4.74 Å². The summed E-state index contributed by atoms with van der Waals surface area (Å²) in [6, 6.07) is -0.0150. The summed E-state index contributed by atoms with van der Waals surface area (Å²) in [7, 11) is 0. The van der Waals surface area contributed by atoms with Crippen molar-refractivity contribution in [2.75, 3.05) is 13.1 Å². The summed E-state index contributed by atoms with van der Waals surface area (Å²) >= 11 is 0. The van der Waals surface area contributed by atoms with Crippen LogP contribution in [0.15, 0.2) is 12.7 Å². The second-order valence-corrected chi connectivity index (χ2v) is 4.79. The van der Waals surface area contributed by atoms with Gasteiger partial charge in [-0.25, -0.2) is 4.79 Å². The number of alkyl carbamates (subject to hydrolysis) is 1. The first-order valence-corrected chi connectivity index (χ1v) is 5.22. The Balaban J connectivity index is 2.25. The molecule has 0 saturated carbocycles. The van der Waals surface area contributed by atoms with E-state index in [2.05, 4.69) is 11.9 Å². The third kappa shape index (κ3) is 3.56. The van der Waals surface area contributed by atoms with Crippen molar-refractivity contribution in [2.24, 2.45) is 0 Å². The molecule has 1 fully saturated rings. The number of likely N-dealkylation sites (tertiary alicyclic amines) is 1. The predicted octanol–water partition coefficient (Wildman–Crippen LogP) is 0.908. The van der Waals surface area contributed by atoms with Crippen LogP contribution in [-0.4, -0.2) is 41.6 Å². The lowest BCUT2D eigenvalue weighted by Gasteiger charge is -2.39. The van der Waals surface area contributed by atoms with Crippen molar-refractivity contribution >= 4 is 12.0 Å². The number of hydrogen-bond acceptors (Lipinski definition) is 3. The maximum Gasteiger partial charge on any atom is 0.407 e. The topological polar surface area (TPSA) is 58.6 Å². The van der Waals surface area contributed by atoms with E-state index in [0.29, 0.717) is 13.1 Å². The number of rotatable bonds is 2. The van der Waals surface area contributed by atoms with Crippen LogP contribution in [0.25, 0.3) is 0 Å². The van der Waals surface area contributed by atoms with Crippen molar-refractivity contribution in [1.82, 2.24) is 10.2 Å². The molecule has 0 aromatic rings. The van der Waals surface area contributed by atoms with Gasteiger partial charge in [-0.3, -0.25) is 4.79 Å². The predicted molar refractivity (Wildman–Crippen MR) is 59.9 cm³/mol. The molecule has 0 unspecified atom stereocenters. The molecule has 5 heteroatoms. The highest BCUT2D eigenvalue weighted by atomic mass is 16.6. The molecule has 0 spiro atoms. The highest BCUT2D eigenvalue weighted by Crippen LogP contribution is 2.11. The van der Waals surface area contributed by atoms with Gasteiger partial charge in [0.25, 0.3) is 0 Å². The molecule has 0 radical (unpaired) electrons. The molecule has 16 heavy (non-hydrogen) atoms. The van der Waals surface area contributed by atoms with Gasteiger partial charge >= 0.3 is 6.09 Å². The van der Waals surface area contributed by atoms with E-state index in [1.165, 1.54) is 6.08 Å². The van der Waals surface area contributed by atoms with Gasteiger partial charge in [-0.1, -0.05) is 6.58 Å². The van der Waals surface area contributed by atoms with E-state index >= 15 is 0 Å². The third-order valence-electron chi connectivity index (χ3n) is 2.09. The summed E-state index contributed by atoms with van der Waals surface area (Å²) in [5, 5.41) is 2.69. The van der Waals surface area contributed by atoms with Gasteiger partial charge in [0, 0.05) is 13.1 Å². The fourth-order valence-electron chi connectivity index (χ4n) is 1.35. The molecule has 1 aliphatic heterocycles. The lowest BCUT2D eigenvalue weighted by molar-refractivity contribution is -0.130. The Labute approximate surface area is 95.4 Å². The summed E-state index contributed by atoms with van der Waals surface area (Å²) in [6.45, 7) is 9.85. The minimum atomic E-state index is -0.496. The molecule has 2 amide bonds.